The first-order chi connectivity index (χ1) is 17.7. The number of hydrogen-bond acceptors (Lipinski definition) is 8. The molecule has 0 saturated carbocycles. The van der Waals surface area contributed by atoms with Crippen molar-refractivity contribution in [3.63, 3.8) is 0 Å². The fourth-order valence-electron chi connectivity index (χ4n) is 3.67. The van der Waals surface area contributed by atoms with Gasteiger partial charge in [-0.25, -0.2) is 4.90 Å². The Balaban J connectivity index is 1.49. The quantitative estimate of drug-likeness (QED) is 0.263. The zero-order valence-corrected chi connectivity index (χ0v) is 20.4. The smallest absolute Gasteiger partial charge is 0.262 e. The maximum atomic E-state index is 13.5. The SMILES string of the molecule is COc1cc2nccc(OCN(C(=O)c3ccccc3)c3nnc(-c4ccccc4)s3)c2cc1OC. The van der Waals surface area contributed by atoms with E-state index in [0.717, 1.165) is 10.9 Å². The Hall–Kier alpha value is -4.50. The van der Waals surface area contributed by atoms with E-state index < -0.39 is 0 Å². The minimum absolute atomic E-state index is 0.0788. The lowest BCUT2D eigenvalue weighted by atomic mass is 10.2. The number of pyridine rings is 1. The van der Waals surface area contributed by atoms with Crippen LogP contribution in [0.2, 0.25) is 0 Å². The number of fused-ring (bicyclic) bond motifs is 1. The Bertz CT molecular complexity index is 1490. The van der Waals surface area contributed by atoms with Gasteiger partial charge in [-0.1, -0.05) is 59.9 Å². The Morgan fingerprint density at radius 1 is 0.861 bits per heavy atom. The summed E-state index contributed by atoms with van der Waals surface area (Å²) in [6, 6.07) is 24.1. The standard InChI is InChI=1S/C27H22N4O4S/c1-33-23-15-20-21(16-24(23)34-2)28-14-13-22(20)35-17-31(26(32)19-11-7-4-8-12-19)27-30-29-25(36-27)18-9-5-3-6-10-18/h3-16H,17H2,1-2H3. The minimum Gasteiger partial charge on any atom is -0.493 e. The van der Waals surface area contributed by atoms with E-state index in [1.807, 2.05) is 48.5 Å². The van der Waals surface area contributed by atoms with Crippen molar-refractivity contribution in [1.29, 1.82) is 0 Å². The van der Waals surface area contributed by atoms with Crippen molar-refractivity contribution in [2.24, 2.45) is 0 Å². The molecule has 0 aliphatic rings. The van der Waals surface area contributed by atoms with Crippen LogP contribution in [-0.2, 0) is 0 Å². The molecule has 5 rings (SSSR count). The van der Waals surface area contributed by atoms with Crippen molar-refractivity contribution < 1.29 is 19.0 Å². The van der Waals surface area contributed by atoms with Gasteiger partial charge in [-0.3, -0.25) is 9.78 Å². The van der Waals surface area contributed by atoms with E-state index in [4.69, 9.17) is 14.2 Å². The van der Waals surface area contributed by atoms with Crippen molar-refractivity contribution in [2.45, 2.75) is 0 Å². The highest BCUT2D eigenvalue weighted by molar-refractivity contribution is 7.18. The predicted octanol–water partition coefficient (Wildman–Crippen LogP) is 5.45. The molecule has 0 bridgehead atoms. The number of rotatable bonds is 8. The number of carbonyl (C=O) groups excluding carboxylic acids is 1. The molecule has 0 fully saturated rings. The first kappa shape index (κ1) is 23.3. The van der Waals surface area contributed by atoms with Crippen LogP contribution in [0.5, 0.6) is 17.2 Å². The summed E-state index contributed by atoms with van der Waals surface area (Å²) in [7, 11) is 3.14. The van der Waals surface area contributed by atoms with Gasteiger partial charge in [-0.05, 0) is 24.3 Å². The molecule has 0 radical (unpaired) electrons. The maximum Gasteiger partial charge on any atom is 0.262 e. The van der Waals surface area contributed by atoms with E-state index >= 15 is 0 Å². The van der Waals surface area contributed by atoms with Crippen LogP contribution < -0.4 is 19.1 Å². The van der Waals surface area contributed by atoms with Gasteiger partial charge >= 0.3 is 0 Å². The summed E-state index contributed by atoms with van der Waals surface area (Å²) in [5.74, 6) is 1.41. The van der Waals surface area contributed by atoms with E-state index in [0.29, 0.717) is 38.5 Å². The van der Waals surface area contributed by atoms with Gasteiger partial charge in [0.25, 0.3) is 5.91 Å². The van der Waals surface area contributed by atoms with Crippen molar-refractivity contribution in [1.82, 2.24) is 15.2 Å². The molecule has 0 atom stereocenters. The second-order valence-electron chi connectivity index (χ2n) is 7.66. The highest BCUT2D eigenvalue weighted by atomic mass is 32.1. The molecule has 180 valence electrons. The summed E-state index contributed by atoms with van der Waals surface area (Å²) in [4.78, 5) is 19.4. The summed E-state index contributed by atoms with van der Waals surface area (Å²) in [5.41, 5.74) is 2.12. The van der Waals surface area contributed by atoms with Crippen LogP contribution in [0.4, 0.5) is 5.13 Å². The van der Waals surface area contributed by atoms with Gasteiger partial charge in [-0.15, -0.1) is 10.2 Å². The Morgan fingerprint density at radius 3 is 2.28 bits per heavy atom. The topological polar surface area (TPSA) is 86.7 Å². The summed E-state index contributed by atoms with van der Waals surface area (Å²) < 4.78 is 17.0. The van der Waals surface area contributed by atoms with E-state index in [-0.39, 0.29) is 12.6 Å². The first-order valence-electron chi connectivity index (χ1n) is 11.1. The van der Waals surface area contributed by atoms with Crippen molar-refractivity contribution in [2.75, 3.05) is 25.9 Å². The Morgan fingerprint density at radius 2 is 1.56 bits per heavy atom. The number of methoxy groups -OCH3 is 2. The van der Waals surface area contributed by atoms with Crippen LogP contribution in [0, 0.1) is 0 Å². The van der Waals surface area contributed by atoms with Gasteiger partial charge in [0.05, 0.1) is 19.7 Å². The van der Waals surface area contributed by atoms with E-state index in [1.165, 1.54) is 16.2 Å². The third-order valence-corrected chi connectivity index (χ3v) is 6.48. The molecule has 0 N–H and O–H groups in total. The molecule has 5 aromatic rings. The van der Waals surface area contributed by atoms with E-state index in [9.17, 15) is 4.79 Å². The Labute approximate surface area is 211 Å². The number of nitrogens with zero attached hydrogens (tertiary/aromatic N) is 4. The van der Waals surface area contributed by atoms with E-state index in [2.05, 4.69) is 15.2 Å². The maximum absolute atomic E-state index is 13.5. The van der Waals surface area contributed by atoms with Crippen LogP contribution >= 0.6 is 11.3 Å². The van der Waals surface area contributed by atoms with Gasteiger partial charge in [0.2, 0.25) is 5.13 Å². The Kier molecular flexibility index (Phi) is 6.72. The van der Waals surface area contributed by atoms with Crippen LogP contribution in [0.1, 0.15) is 10.4 Å². The number of hydrogen-bond donors (Lipinski definition) is 0. The number of carbonyl (C=O) groups is 1. The molecule has 8 nitrogen and oxygen atoms in total. The fraction of sp³-hybridized carbons (Fsp3) is 0.111. The molecule has 9 heteroatoms. The second-order valence-corrected chi connectivity index (χ2v) is 8.62. The summed E-state index contributed by atoms with van der Waals surface area (Å²) >= 11 is 1.32. The molecule has 0 aliphatic heterocycles. The lowest BCUT2D eigenvalue weighted by Gasteiger charge is -2.20. The van der Waals surface area contributed by atoms with Crippen LogP contribution in [0.3, 0.4) is 0 Å². The lowest BCUT2D eigenvalue weighted by Crippen LogP contribution is -2.34. The van der Waals surface area contributed by atoms with Crippen molar-refractivity contribution in [3.8, 4) is 27.8 Å². The highest BCUT2D eigenvalue weighted by Crippen LogP contribution is 2.36. The molecular formula is C27H22N4O4S. The van der Waals surface area contributed by atoms with Crippen LogP contribution in [0.15, 0.2) is 85.1 Å². The molecule has 0 unspecified atom stereocenters. The van der Waals surface area contributed by atoms with E-state index in [1.54, 1.807) is 50.7 Å². The molecule has 0 saturated heterocycles. The normalized spacial score (nSPS) is 10.7. The largest absolute Gasteiger partial charge is 0.493 e. The summed E-state index contributed by atoms with van der Waals surface area (Å²) in [5, 5.41) is 10.5. The summed E-state index contributed by atoms with van der Waals surface area (Å²) in [6.45, 7) is -0.0788. The number of anilines is 1. The van der Waals surface area contributed by atoms with Crippen molar-refractivity contribution in [3.05, 3.63) is 90.6 Å². The highest BCUT2D eigenvalue weighted by Gasteiger charge is 2.23. The molecule has 0 spiro atoms. The molecular weight excluding hydrogens is 476 g/mol. The zero-order valence-electron chi connectivity index (χ0n) is 19.6. The van der Waals surface area contributed by atoms with Crippen molar-refractivity contribution >= 4 is 33.3 Å². The second kappa shape index (κ2) is 10.4. The lowest BCUT2D eigenvalue weighted by molar-refractivity contribution is 0.0965. The average molecular weight is 499 g/mol. The number of amides is 1. The minimum atomic E-state index is -0.246. The van der Waals surface area contributed by atoms with Gasteiger partial charge in [0.15, 0.2) is 18.2 Å². The number of aromatic nitrogens is 3. The molecule has 1 amide bonds. The molecule has 36 heavy (non-hydrogen) atoms. The first-order valence-corrected chi connectivity index (χ1v) is 11.9. The molecule has 2 aromatic heterocycles. The third-order valence-electron chi connectivity index (χ3n) is 5.49. The zero-order chi connectivity index (χ0) is 24.9. The number of ether oxygens (including phenoxy) is 3. The van der Waals surface area contributed by atoms with Gasteiger partial charge in [-0.2, -0.15) is 0 Å². The van der Waals surface area contributed by atoms with Gasteiger partial charge in [0.1, 0.15) is 10.8 Å². The third kappa shape index (κ3) is 4.69. The fourth-order valence-corrected chi connectivity index (χ4v) is 4.50. The predicted molar refractivity (Wildman–Crippen MR) is 139 cm³/mol. The molecule has 2 heterocycles. The van der Waals surface area contributed by atoms with Crippen LogP contribution in [-0.4, -0.2) is 42.0 Å². The average Bonchev–Trinajstić information content (AvgIpc) is 3.43. The summed E-state index contributed by atoms with van der Waals surface area (Å²) in [6.07, 6.45) is 1.64. The van der Waals surface area contributed by atoms with Gasteiger partial charge in [0, 0.05) is 28.8 Å². The monoisotopic (exact) mass is 498 g/mol. The van der Waals surface area contributed by atoms with Crippen LogP contribution in [0.25, 0.3) is 21.5 Å². The van der Waals surface area contributed by atoms with Gasteiger partial charge < -0.3 is 14.2 Å². The molecule has 3 aromatic carbocycles. The number of benzene rings is 3. The molecule has 0 aliphatic carbocycles.